The van der Waals surface area contributed by atoms with Crippen LogP contribution in [0.2, 0.25) is 0 Å². The fourth-order valence-corrected chi connectivity index (χ4v) is 15.0. The van der Waals surface area contributed by atoms with Gasteiger partial charge in [-0.05, 0) is 44.9 Å². The second kappa shape index (κ2) is 64.8. The van der Waals surface area contributed by atoms with Crippen molar-refractivity contribution in [2.24, 2.45) is 0 Å². The molecule has 0 radical (unpaired) electrons. The topological polar surface area (TPSA) is 333 Å². The summed E-state index contributed by atoms with van der Waals surface area (Å²) in [6, 6.07) is -3.31. The molecule has 0 saturated carbocycles. The third kappa shape index (κ3) is 50.6. The number of amides is 2. The molecule has 13 atom stereocenters. The van der Waals surface area contributed by atoms with E-state index in [4.69, 9.17) is 32.9 Å². The molecule has 618 valence electrons. The minimum absolute atomic E-state index is 0.130. The van der Waals surface area contributed by atoms with Crippen LogP contribution in [-0.4, -0.2) is 158 Å². The predicted molar refractivity (Wildman–Crippen MR) is 413 cm³/mol. The first-order valence-electron chi connectivity index (χ1n) is 43.0. The Bertz CT molecular complexity index is 2180. The molecule has 2 aliphatic rings. The van der Waals surface area contributed by atoms with Crippen LogP contribution in [0.5, 0.6) is 0 Å². The van der Waals surface area contributed by atoms with E-state index in [0.29, 0.717) is 51.4 Å². The van der Waals surface area contributed by atoms with Crippen molar-refractivity contribution in [2.75, 3.05) is 13.2 Å². The highest BCUT2D eigenvalue weighted by Crippen LogP contribution is 2.43. The van der Waals surface area contributed by atoms with Gasteiger partial charge < -0.3 is 74.4 Å². The van der Waals surface area contributed by atoms with Crippen LogP contribution in [0.4, 0.5) is 0 Å². The number of ether oxygens (including phenoxy) is 6. The van der Waals surface area contributed by atoms with Gasteiger partial charge in [-0.25, -0.2) is 4.57 Å². The highest BCUT2D eigenvalue weighted by molar-refractivity contribution is 7.46. The Morgan fingerprint density at radius 2 is 0.743 bits per heavy atom. The number of carbonyl (C=O) groups is 5. The monoisotopic (exact) mass is 1520 g/mol. The maximum atomic E-state index is 14.8. The fraction of sp³-hybridized carbons (Fsp3) is 0.939. The minimum atomic E-state index is -5.56. The number of esters is 3. The van der Waals surface area contributed by atoms with Gasteiger partial charge in [0.05, 0.1) is 38.6 Å². The molecule has 0 spiro atoms. The number of hydrogen-bond acceptors (Lipinski definition) is 18. The standard InChI is InChI=1S/C82H155N2O20P/c1-6-11-16-21-26-31-33-38-43-48-53-58-72(89)99-66(56-51-46-41-36-29-24-19-14-9-4)61-71(88)84-76-80(103-74(91)62-67(57-52-47-42-37-30-25-20-15-10-5)100-73(90)59-54-49-44-39-34-32-27-22-17-12-7-2)79(104-105(95,96)97)68(63-85)102-82(76)98-64-69-77(92)78(93)75(81(94)101-69)83-70(87)60-65(86)55-50-45-40-35-28-23-18-13-8-3/h65-69,75-82,85-86,92-94H,6-64H2,1-5H3,(H,83,87)(H,84,88)(H2,95,96,97)/t65-,66-,67-,68?,69?,75+,76?,77-,78-,79-,80-,81?,82-/m1/s1. The summed E-state index contributed by atoms with van der Waals surface area (Å²) in [5, 5.41) is 61.3. The Balaban J connectivity index is 2.52. The molecule has 105 heavy (non-hydrogen) atoms. The average Bonchev–Trinajstić information content (AvgIpc) is 0.771. The lowest BCUT2D eigenvalue weighted by Crippen LogP contribution is -2.67. The lowest BCUT2D eigenvalue weighted by molar-refractivity contribution is -0.297. The molecule has 2 rings (SSSR count). The number of aliphatic hydroxyl groups excluding tert-OH is 5. The van der Waals surface area contributed by atoms with Gasteiger partial charge in [-0.15, -0.1) is 0 Å². The van der Waals surface area contributed by atoms with Crippen LogP contribution in [0, 0.1) is 0 Å². The zero-order valence-corrected chi connectivity index (χ0v) is 67.5. The summed E-state index contributed by atoms with van der Waals surface area (Å²) in [6.45, 7) is 9.19. The third-order valence-corrected chi connectivity index (χ3v) is 21.4. The Labute approximate surface area is 635 Å². The fourth-order valence-electron chi connectivity index (χ4n) is 14.4. The zero-order valence-electron chi connectivity index (χ0n) is 66.6. The molecule has 0 aliphatic carbocycles. The smallest absolute Gasteiger partial charge is 0.462 e. The molecule has 0 aromatic carbocycles. The normalized spacial score (nSPS) is 21.4. The SMILES string of the molecule is CCCCCCCCCCCCCC(=O)O[C@H](CCCCCCCCCCC)CC(=O)NC1[C@H](OCC2OC(O)[C@@H](NC(=O)C[C@H](O)CCCCCCCCCCC)[C@@H](O)[C@@H]2O)OC(CO)[C@@H](OP(=O)(O)O)[C@@H]1OC(=O)C[C@@H](CCCCCCCCCCC)OC(=O)CCCCCCCCCCCCC. The number of phosphoric ester groups is 1. The molecule has 2 saturated heterocycles. The first-order chi connectivity index (χ1) is 50.8. The lowest BCUT2D eigenvalue weighted by Gasteiger charge is -2.46. The molecular formula is C82H155N2O20P. The molecule has 4 unspecified atom stereocenters. The summed E-state index contributed by atoms with van der Waals surface area (Å²) < 4.78 is 54.8. The van der Waals surface area contributed by atoms with Crippen molar-refractivity contribution in [3.63, 3.8) is 0 Å². The van der Waals surface area contributed by atoms with E-state index in [9.17, 15) is 63.9 Å². The van der Waals surface area contributed by atoms with Crippen LogP contribution < -0.4 is 10.6 Å². The van der Waals surface area contributed by atoms with Gasteiger partial charge in [0.25, 0.3) is 0 Å². The van der Waals surface area contributed by atoms with E-state index in [0.717, 1.165) is 154 Å². The van der Waals surface area contributed by atoms with Gasteiger partial charge in [0.1, 0.15) is 54.8 Å². The average molecular weight is 1520 g/mol. The van der Waals surface area contributed by atoms with Gasteiger partial charge in [-0.2, -0.15) is 0 Å². The number of aliphatic hydroxyl groups is 5. The van der Waals surface area contributed by atoms with Crippen molar-refractivity contribution in [1.82, 2.24) is 10.6 Å². The molecule has 2 aliphatic heterocycles. The summed E-state index contributed by atoms with van der Waals surface area (Å²) in [7, 11) is -5.56. The molecule has 23 heteroatoms. The van der Waals surface area contributed by atoms with E-state index < -0.39 is 143 Å². The maximum Gasteiger partial charge on any atom is 0.470 e. The largest absolute Gasteiger partial charge is 0.470 e. The van der Waals surface area contributed by atoms with E-state index in [-0.39, 0.29) is 19.3 Å². The molecule has 9 N–H and O–H groups in total. The molecule has 2 amide bonds. The van der Waals surface area contributed by atoms with Gasteiger partial charge in [0.15, 0.2) is 18.7 Å². The van der Waals surface area contributed by atoms with Crippen LogP contribution in [0.1, 0.15) is 401 Å². The number of nitrogens with one attached hydrogen (secondary N) is 2. The van der Waals surface area contributed by atoms with Crippen LogP contribution in [-0.2, 0) is 61.5 Å². The molecule has 2 fully saturated rings. The molecule has 2 heterocycles. The van der Waals surface area contributed by atoms with Gasteiger partial charge in [-0.3, -0.25) is 28.5 Å². The van der Waals surface area contributed by atoms with Gasteiger partial charge in [0, 0.05) is 12.8 Å². The van der Waals surface area contributed by atoms with Crippen LogP contribution in [0.15, 0.2) is 0 Å². The minimum Gasteiger partial charge on any atom is -0.462 e. The quantitative estimate of drug-likeness (QED) is 0.0118. The summed E-state index contributed by atoms with van der Waals surface area (Å²) >= 11 is 0. The summed E-state index contributed by atoms with van der Waals surface area (Å²) in [5.74, 6) is -3.45. The second-order valence-corrected chi connectivity index (χ2v) is 31.9. The maximum absolute atomic E-state index is 14.8. The molecule has 22 nitrogen and oxygen atoms in total. The van der Waals surface area contributed by atoms with E-state index in [2.05, 4.69) is 45.3 Å². The predicted octanol–water partition coefficient (Wildman–Crippen LogP) is 17.0. The van der Waals surface area contributed by atoms with Gasteiger partial charge in [-0.1, -0.05) is 324 Å². The highest BCUT2D eigenvalue weighted by Gasteiger charge is 2.53. The van der Waals surface area contributed by atoms with Gasteiger partial charge in [0.2, 0.25) is 11.8 Å². The van der Waals surface area contributed by atoms with Crippen LogP contribution in [0.25, 0.3) is 0 Å². The molecule has 0 bridgehead atoms. The number of carbonyl (C=O) groups excluding carboxylic acids is 5. The van der Waals surface area contributed by atoms with Crippen molar-refractivity contribution in [3.8, 4) is 0 Å². The number of unbranched alkanes of at least 4 members (excludes halogenated alkanes) is 44. The van der Waals surface area contributed by atoms with Crippen molar-refractivity contribution in [3.05, 3.63) is 0 Å². The van der Waals surface area contributed by atoms with Gasteiger partial charge >= 0.3 is 25.7 Å². The number of phosphoric acid groups is 1. The number of hydrogen-bond donors (Lipinski definition) is 9. The van der Waals surface area contributed by atoms with Crippen molar-refractivity contribution in [1.29, 1.82) is 0 Å². The first kappa shape index (κ1) is 98.2. The van der Waals surface area contributed by atoms with Crippen molar-refractivity contribution < 1.29 is 96.8 Å². The Hall–Kier alpha value is -2.86. The Kier molecular flexibility index (Phi) is 60.6. The summed E-state index contributed by atoms with van der Waals surface area (Å²) in [4.78, 5) is 91.0. The van der Waals surface area contributed by atoms with E-state index >= 15 is 0 Å². The Morgan fingerprint density at radius 1 is 0.400 bits per heavy atom. The molecule has 0 aromatic heterocycles. The van der Waals surface area contributed by atoms with E-state index in [1.165, 1.54) is 128 Å². The highest BCUT2D eigenvalue weighted by atomic mass is 31.2. The third-order valence-electron chi connectivity index (χ3n) is 20.8. The molecule has 0 aromatic rings. The Morgan fingerprint density at radius 3 is 1.12 bits per heavy atom. The first-order valence-corrected chi connectivity index (χ1v) is 44.5. The van der Waals surface area contributed by atoms with Crippen molar-refractivity contribution in [2.45, 2.75) is 480 Å². The summed E-state index contributed by atoms with van der Waals surface area (Å²) in [6.07, 6.45) is 34.5. The summed E-state index contributed by atoms with van der Waals surface area (Å²) in [5.41, 5.74) is 0. The zero-order chi connectivity index (χ0) is 77.0. The second-order valence-electron chi connectivity index (χ2n) is 30.7. The van der Waals surface area contributed by atoms with Crippen molar-refractivity contribution >= 4 is 37.5 Å². The van der Waals surface area contributed by atoms with E-state index in [1.54, 1.807) is 0 Å². The lowest BCUT2D eigenvalue weighted by atomic mass is 9.95. The van der Waals surface area contributed by atoms with Crippen LogP contribution >= 0.6 is 7.82 Å². The molecular weight excluding hydrogens is 1360 g/mol. The van der Waals surface area contributed by atoms with Crippen LogP contribution in [0.3, 0.4) is 0 Å². The van der Waals surface area contributed by atoms with E-state index in [1.807, 2.05) is 0 Å². The number of rotatable bonds is 71.